The van der Waals surface area contributed by atoms with Crippen molar-refractivity contribution in [3.8, 4) is 0 Å². The molecule has 14 heavy (non-hydrogen) atoms. The predicted molar refractivity (Wildman–Crippen MR) is 59.2 cm³/mol. The number of rotatable bonds is 5. The summed E-state index contributed by atoms with van der Waals surface area (Å²) in [7, 11) is 2.30. The Morgan fingerprint density at radius 3 is 2.36 bits per heavy atom. The molecule has 0 N–H and O–H groups in total. The van der Waals surface area contributed by atoms with Crippen molar-refractivity contribution in [2.45, 2.75) is 45.4 Å². The first-order valence-electron chi connectivity index (χ1n) is 6.01. The lowest BCUT2D eigenvalue weighted by Gasteiger charge is -2.37. The van der Waals surface area contributed by atoms with E-state index in [1.807, 2.05) is 0 Å². The Morgan fingerprint density at radius 1 is 1.14 bits per heavy atom. The van der Waals surface area contributed by atoms with Gasteiger partial charge in [0.1, 0.15) is 5.78 Å². The average Bonchev–Trinajstić information content (AvgIpc) is 2.18. The first-order chi connectivity index (χ1) is 6.66. The Bertz CT molecular complexity index is 179. The van der Waals surface area contributed by atoms with Crippen molar-refractivity contribution >= 4 is 5.78 Å². The number of unbranched alkanes of at least 4 members (excludes halogenated alkanes) is 3. The van der Waals surface area contributed by atoms with E-state index in [0.717, 1.165) is 30.4 Å². The zero-order valence-electron chi connectivity index (χ0n) is 9.72. The number of nitrogens with zero attached hydrogens (tertiary/aromatic N) is 1. The van der Waals surface area contributed by atoms with Gasteiger partial charge in [0.25, 0.3) is 0 Å². The van der Waals surface area contributed by atoms with Gasteiger partial charge >= 0.3 is 0 Å². The minimum absolute atomic E-state index is 0.467. The van der Waals surface area contributed by atoms with Gasteiger partial charge in [0.05, 0.1) is 39.5 Å². The molecule has 0 aromatic rings. The van der Waals surface area contributed by atoms with Crippen molar-refractivity contribution in [2.24, 2.45) is 0 Å². The number of piperidine rings is 1. The van der Waals surface area contributed by atoms with Crippen molar-refractivity contribution in [3.05, 3.63) is 0 Å². The second-order valence-electron chi connectivity index (χ2n) is 4.89. The van der Waals surface area contributed by atoms with Crippen LogP contribution in [0.5, 0.6) is 0 Å². The number of carbonyl (C=O) groups excluding carboxylic acids is 1. The van der Waals surface area contributed by atoms with E-state index in [0.29, 0.717) is 5.78 Å². The standard InChI is InChI=1S/C12H24NO/c1-3-4-5-6-9-13(2)10-7-12(14)8-11-13/h3-11H2,1-2H3/q+1. The minimum Gasteiger partial charge on any atom is -0.325 e. The monoisotopic (exact) mass is 198 g/mol. The van der Waals surface area contributed by atoms with E-state index < -0.39 is 0 Å². The van der Waals surface area contributed by atoms with Gasteiger partial charge in [0, 0.05) is 0 Å². The highest BCUT2D eigenvalue weighted by atomic mass is 16.1. The summed E-state index contributed by atoms with van der Waals surface area (Å²) in [6.07, 6.45) is 6.98. The van der Waals surface area contributed by atoms with Gasteiger partial charge in [0.2, 0.25) is 0 Å². The van der Waals surface area contributed by atoms with E-state index in [1.54, 1.807) is 0 Å². The highest BCUT2D eigenvalue weighted by molar-refractivity contribution is 5.78. The number of hydrogen-bond acceptors (Lipinski definition) is 1. The van der Waals surface area contributed by atoms with E-state index in [9.17, 15) is 4.79 Å². The van der Waals surface area contributed by atoms with Crippen molar-refractivity contribution in [3.63, 3.8) is 0 Å². The maximum absolute atomic E-state index is 11.1. The molecule has 0 amide bonds. The van der Waals surface area contributed by atoms with Crippen LogP contribution >= 0.6 is 0 Å². The molecule has 1 saturated heterocycles. The Kier molecular flexibility index (Phi) is 4.59. The van der Waals surface area contributed by atoms with Crippen LogP contribution in [-0.2, 0) is 4.79 Å². The fraction of sp³-hybridized carbons (Fsp3) is 0.917. The Morgan fingerprint density at radius 2 is 1.79 bits per heavy atom. The first kappa shape index (κ1) is 11.7. The number of likely N-dealkylation sites (tertiary alicyclic amines) is 1. The normalized spacial score (nSPS) is 21.1. The molecule has 1 heterocycles. The molecule has 0 aliphatic carbocycles. The minimum atomic E-state index is 0.467. The molecule has 0 aromatic heterocycles. The molecule has 1 aliphatic rings. The van der Waals surface area contributed by atoms with Crippen LogP contribution in [-0.4, -0.2) is 36.9 Å². The quantitative estimate of drug-likeness (QED) is 0.489. The molecule has 0 unspecified atom stereocenters. The molecule has 2 nitrogen and oxygen atoms in total. The Balaban J connectivity index is 2.18. The van der Waals surface area contributed by atoms with E-state index >= 15 is 0 Å². The number of carbonyl (C=O) groups is 1. The molecule has 82 valence electrons. The molecular formula is C12H24NO+. The van der Waals surface area contributed by atoms with Crippen LogP contribution in [0.1, 0.15) is 45.4 Å². The molecular weight excluding hydrogens is 174 g/mol. The van der Waals surface area contributed by atoms with E-state index in [1.165, 1.54) is 32.2 Å². The number of Topliss-reactive ketones (excluding diaryl/α,β-unsaturated/α-hetero) is 1. The fourth-order valence-corrected chi connectivity index (χ4v) is 2.17. The molecule has 0 atom stereocenters. The molecule has 0 spiro atoms. The average molecular weight is 198 g/mol. The highest BCUT2D eigenvalue weighted by Crippen LogP contribution is 2.15. The van der Waals surface area contributed by atoms with Crippen molar-refractivity contribution < 1.29 is 9.28 Å². The van der Waals surface area contributed by atoms with Crippen LogP contribution in [0, 0.1) is 0 Å². The molecule has 0 aromatic carbocycles. The van der Waals surface area contributed by atoms with Gasteiger partial charge in [-0.05, 0) is 12.8 Å². The van der Waals surface area contributed by atoms with Crippen LogP contribution in [0.4, 0.5) is 0 Å². The molecule has 1 rings (SSSR count). The molecule has 0 saturated carbocycles. The van der Waals surface area contributed by atoms with Gasteiger partial charge in [-0.25, -0.2) is 0 Å². The zero-order chi connectivity index (χ0) is 10.4. The summed E-state index contributed by atoms with van der Waals surface area (Å²) in [5, 5.41) is 0. The van der Waals surface area contributed by atoms with Crippen LogP contribution < -0.4 is 0 Å². The number of quaternary nitrogens is 1. The summed E-state index contributed by atoms with van der Waals surface area (Å²) >= 11 is 0. The maximum atomic E-state index is 11.1. The maximum Gasteiger partial charge on any atom is 0.144 e. The summed E-state index contributed by atoms with van der Waals surface area (Å²) in [5.74, 6) is 0.467. The van der Waals surface area contributed by atoms with Gasteiger partial charge in [-0.2, -0.15) is 0 Å². The lowest BCUT2D eigenvalue weighted by Crippen LogP contribution is -2.50. The van der Waals surface area contributed by atoms with E-state index in [2.05, 4.69) is 14.0 Å². The SMILES string of the molecule is CCCCCC[N+]1(C)CCC(=O)CC1. The van der Waals surface area contributed by atoms with E-state index in [-0.39, 0.29) is 0 Å². The van der Waals surface area contributed by atoms with Crippen molar-refractivity contribution in [2.75, 3.05) is 26.7 Å². The van der Waals surface area contributed by atoms with Crippen LogP contribution in [0.15, 0.2) is 0 Å². The molecule has 0 radical (unpaired) electrons. The smallest absolute Gasteiger partial charge is 0.144 e. The summed E-state index contributed by atoms with van der Waals surface area (Å²) < 4.78 is 1.13. The molecule has 0 bridgehead atoms. The third kappa shape index (κ3) is 3.79. The van der Waals surface area contributed by atoms with Gasteiger partial charge in [-0.15, -0.1) is 0 Å². The molecule has 1 fully saturated rings. The summed E-state index contributed by atoms with van der Waals surface area (Å²) in [6.45, 7) is 5.67. The largest absolute Gasteiger partial charge is 0.325 e. The van der Waals surface area contributed by atoms with Gasteiger partial charge in [-0.1, -0.05) is 19.8 Å². The van der Waals surface area contributed by atoms with E-state index in [4.69, 9.17) is 0 Å². The number of hydrogen-bond donors (Lipinski definition) is 0. The zero-order valence-corrected chi connectivity index (χ0v) is 9.72. The Labute approximate surface area is 87.9 Å². The third-order valence-corrected chi connectivity index (χ3v) is 3.41. The predicted octanol–water partition coefficient (Wildman–Crippen LogP) is 2.38. The van der Waals surface area contributed by atoms with Crippen molar-refractivity contribution in [1.29, 1.82) is 0 Å². The molecule has 2 heteroatoms. The molecule has 1 aliphatic heterocycles. The third-order valence-electron chi connectivity index (χ3n) is 3.41. The van der Waals surface area contributed by atoms with Crippen LogP contribution in [0.2, 0.25) is 0 Å². The lowest BCUT2D eigenvalue weighted by molar-refractivity contribution is -0.911. The first-order valence-corrected chi connectivity index (χ1v) is 6.01. The Hall–Kier alpha value is -0.370. The fourth-order valence-electron chi connectivity index (χ4n) is 2.17. The number of ketones is 1. The second kappa shape index (κ2) is 5.50. The van der Waals surface area contributed by atoms with Crippen LogP contribution in [0.25, 0.3) is 0 Å². The second-order valence-corrected chi connectivity index (χ2v) is 4.89. The van der Waals surface area contributed by atoms with Crippen molar-refractivity contribution in [1.82, 2.24) is 0 Å². The summed E-state index contributed by atoms with van der Waals surface area (Å²) in [4.78, 5) is 11.1. The summed E-state index contributed by atoms with van der Waals surface area (Å²) in [6, 6.07) is 0. The van der Waals surface area contributed by atoms with Crippen LogP contribution in [0.3, 0.4) is 0 Å². The van der Waals surface area contributed by atoms with Gasteiger partial charge < -0.3 is 4.48 Å². The van der Waals surface area contributed by atoms with Gasteiger partial charge in [0.15, 0.2) is 0 Å². The lowest BCUT2D eigenvalue weighted by atomic mass is 10.1. The summed E-state index contributed by atoms with van der Waals surface area (Å²) in [5.41, 5.74) is 0. The highest BCUT2D eigenvalue weighted by Gasteiger charge is 2.27. The topological polar surface area (TPSA) is 17.1 Å². The van der Waals surface area contributed by atoms with Gasteiger partial charge in [-0.3, -0.25) is 4.79 Å².